The molecular weight excluding hydrogens is 473 g/mol. The fourth-order valence-corrected chi connectivity index (χ4v) is 5.40. The summed E-state index contributed by atoms with van der Waals surface area (Å²) in [4.78, 5) is 22.9. The average Bonchev–Trinajstić information content (AvgIpc) is 2.78. The number of benzene rings is 3. The fourth-order valence-electron chi connectivity index (χ4n) is 3.60. The minimum absolute atomic E-state index is 0.0378. The lowest BCUT2D eigenvalue weighted by molar-refractivity contribution is -0.384. The molecule has 1 amide bonds. The van der Waals surface area contributed by atoms with Gasteiger partial charge in [0.2, 0.25) is 0 Å². The Morgan fingerprint density at radius 3 is 2.48 bits per heavy atom. The van der Waals surface area contributed by atoms with Gasteiger partial charge in [-0.05, 0) is 60.9 Å². The van der Waals surface area contributed by atoms with Crippen molar-refractivity contribution in [1.29, 1.82) is 0 Å². The van der Waals surface area contributed by atoms with Crippen molar-refractivity contribution in [3.05, 3.63) is 92.7 Å². The van der Waals surface area contributed by atoms with Gasteiger partial charge in [-0.3, -0.25) is 19.2 Å². The summed E-state index contributed by atoms with van der Waals surface area (Å²) in [6, 6.07) is 13.0. The zero-order valence-corrected chi connectivity index (χ0v) is 18.6. The molecule has 33 heavy (non-hydrogen) atoms. The Balaban J connectivity index is 1.64. The van der Waals surface area contributed by atoms with Crippen molar-refractivity contribution in [3.63, 3.8) is 0 Å². The molecule has 8 nitrogen and oxygen atoms in total. The molecule has 0 unspecified atom stereocenters. The van der Waals surface area contributed by atoms with Crippen LogP contribution in [0.3, 0.4) is 0 Å². The van der Waals surface area contributed by atoms with E-state index < -0.39 is 26.7 Å². The fraction of sp³-hybridized carbons (Fsp3) is 0.136. The number of rotatable bonds is 5. The largest absolute Gasteiger partial charge is 0.322 e. The molecule has 1 aliphatic rings. The summed E-state index contributed by atoms with van der Waals surface area (Å²) in [6.07, 6.45) is 1.27. The van der Waals surface area contributed by atoms with Crippen LogP contribution in [0.15, 0.2) is 65.6 Å². The van der Waals surface area contributed by atoms with Crippen LogP contribution >= 0.6 is 11.6 Å². The molecule has 3 aromatic carbocycles. The topological polar surface area (TPSA) is 110 Å². The first-order valence-corrected chi connectivity index (χ1v) is 11.6. The van der Waals surface area contributed by atoms with Gasteiger partial charge in [-0.25, -0.2) is 12.8 Å². The minimum Gasteiger partial charge on any atom is -0.322 e. The summed E-state index contributed by atoms with van der Waals surface area (Å²) in [7, 11) is -3.94. The van der Waals surface area contributed by atoms with Crippen LogP contribution in [0.4, 0.5) is 21.5 Å². The predicted molar refractivity (Wildman–Crippen MR) is 122 cm³/mol. The molecule has 0 aliphatic carbocycles. The van der Waals surface area contributed by atoms with E-state index in [1.165, 1.54) is 28.6 Å². The van der Waals surface area contributed by atoms with Crippen LogP contribution in [0.1, 0.15) is 22.3 Å². The van der Waals surface area contributed by atoms with Crippen molar-refractivity contribution in [2.24, 2.45) is 0 Å². The van der Waals surface area contributed by atoms with Gasteiger partial charge in [0.1, 0.15) is 5.82 Å². The highest BCUT2D eigenvalue weighted by Crippen LogP contribution is 2.34. The third-order valence-electron chi connectivity index (χ3n) is 5.23. The predicted octanol–water partition coefficient (Wildman–Crippen LogP) is 4.78. The summed E-state index contributed by atoms with van der Waals surface area (Å²) in [5.41, 5.74) is 1.33. The van der Waals surface area contributed by atoms with E-state index >= 15 is 0 Å². The molecule has 1 N–H and O–H groups in total. The third kappa shape index (κ3) is 4.53. The van der Waals surface area contributed by atoms with E-state index in [1.807, 2.05) is 0 Å². The first kappa shape index (κ1) is 22.7. The van der Waals surface area contributed by atoms with Crippen LogP contribution in [0.2, 0.25) is 5.02 Å². The van der Waals surface area contributed by atoms with Crippen molar-refractivity contribution in [1.82, 2.24) is 0 Å². The number of hydrogen-bond donors (Lipinski definition) is 1. The van der Waals surface area contributed by atoms with Crippen molar-refractivity contribution >= 4 is 44.6 Å². The average molecular weight is 490 g/mol. The van der Waals surface area contributed by atoms with Gasteiger partial charge >= 0.3 is 0 Å². The van der Waals surface area contributed by atoms with Gasteiger partial charge in [-0.15, -0.1) is 0 Å². The van der Waals surface area contributed by atoms with Crippen molar-refractivity contribution in [3.8, 4) is 0 Å². The number of halogens is 2. The summed E-state index contributed by atoms with van der Waals surface area (Å²) in [5.74, 6) is -1.14. The second-order valence-electron chi connectivity index (χ2n) is 7.35. The van der Waals surface area contributed by atoms with E-state index in [-0.39, 0.29) is 27.7 Å². The molecule has 170 valence electrons. The highest BCUT2D eigenvalue weighted by Gasteiger charge is 2.29. The molecule has 0 fully saturated rings. The Hall–Kier alpha value is -3.50. The molecule has 4 rings (SSSR count). The number of aryl methyl sites for hydroxylation is 1. The lowest BCUT2D eigenvalue weighted by Gasteiger charge is -2.31. The van der Waals surface area contributed by atoms with Crippen molar-refractivity contribution < 1.29 is 22.5 Å². The van der Waals surface area contributed by atoms with Crippen molar-refractivity contribution in [2.75, 3.05) is 16.2 Å². The maximum Gasteiger partial charge on any atom is 0.270 e. The third-order valence-corrected chi connectivity index (χ3v) is 7.37. The summed E-state index contributed by atoms with van der Waals surface area (Å²) >= 11 is 6.03. The maximum atomic E-state index is 13.3. The Morgan fingerprint density at radius 1 is 1.09 bits per heavy atom. The second kappa shape index (κ2) is 8.80. The molecule has 0 bridgehead atoms. The quantitative estimate of drug-likeness (QED) is 0.409. The number of nitro groups is 1. The first-order valence-electron chi connectivity index (χ1n) is 9.83. The summed E-state index contributed by atoms with van der Waals surface area (Å²) < 4.78 is 40.9. The Labute approximate surface area is 193 Å². The normalized spacial score (nSPS) is 13.3. The molecule has 1 aliphatic heterocycles. The maximum absolute atomic E-state index is 13.3. The number of amides is 1. The molecule has 3 aromatic rings. The lowest BCUT2D eigenvalue weighted by Crippen LogP contribution is -2.35. The molecule has 0 saturated carbocycles. The monoisotopic (exact) mass is 489 g/mol. The first-order chi connectivity index (χ1) is 15.7. The Kier molecular flexibility index (Phi) is 6.05. The van der Waals surface area contributed by atoms with Crippen LogP contribution < -0.4 is 9.62 Å². The number of hydrogen-bond acceptors (Lipinski definition) is 5. The molecule has 0 spiro atoms. The minimum atomic E-state index is -3.94. The van der Waals surface area contributed by atoms with Gasteiger partial charge in [-0.1, -0.05) is 17.7 Å². The lowest BCUT2D eigenvalue weighted by atomic mass is 10.0. The number of nitrogens with zero attached hydrogens (tertiary/aromatic N) is 2. The zero-order chi connectivity index (χ0) is 23.8. The number of carbonyl (C=O) groups excluding carboxylic acids is 1. The number of non-ortho nitro benzene ring substituents is 1. The van der Waals surface area contributed by atoms with Crippen LogP contribution in [0.25, 0.3) is 0 Å². The number of anilines is 2. The van der Waals surface area contributed by atoms with Gasteiger partial charge in [0.25, 0.3) is 21.6 Å². The van der Waals surface area contributed by atoms with Crippen LogP contribution in [0, 0.1) is 15.9 Å². The number of nitro benzene ring substituents is 1. The Bertz CT molecular complexity index is 1360. The van der Waals surface area contributed by atoms with E-state index in [2.05, 4.69) is 5.32 Å². The van der Waals surface area contributed by atoms with E-state index in [0.29, 0.717) is 24.2 Å². The van der Waals surface area contributed by atoms with Crippen molar-refractivity contribution in [2.45, 2.75) is 17.7 Å². The van der Waals surface area contributed by atoms with Gasteiger partial charge in [0.15, 0.2) is 0 Å². The molecule has 0 radical (unpaired) electrons. The number of nitrogens with one attached hydrogen (secondary N) is 1. The highest BCUT2D eigenvalue weighted by molar-refractivity contribution is 7.92. The highest BCUT2D eigenvalue weighted by atomic mass is 35.5. The van der Waals surface area contributed by atoms with E-state index in [9.17, 15) is 27.7 Å². The smallest absolute Gasteiger partial charge is 0.270 e. The number of sulfonamides is 1. The van der Waals surface area contributed by atoms with E-state index in [1.54, 1.807) is 18.2 Å². The zero-order valence-electron chi connectivity index (χ0n) is 17.0. The molecule has 0 atom stereocenters. The van der Waals surface area contributed by atoms with E-state index in [0.717, 1.165) is 23.8 Å². The Morgan fingerprint density at radius 2 is 1.82 bits per heavy atom. The van der Waals surface area contributed by atoms with Crippen LogP contribution in [-0.2, 0) is 16.4 Å². The van der Waals surface area contributed by atoms with Crippen LogP contribution in [-0.4, -0.2) is 25.8 Å². The van der Waals surface area contributed by atoms with Gasteiger partial charge in [0.05, 0.1) is 26.1 Å². The SMILES string of the molecule is O=C(Nc1ccc2c(c1)N(S(=O)(=O)c1ccc(F)cc1)CCC2)c1ccc([N+](=O)[O-])cc1Cl. The van der Waals surface area contributed by atoms with E-state index in [4.69, 9.17) is 11.6 Å². The van der Waals surface area contributed by atoms with Gasteiger partial charge < -0.3 is 5.32 Å². The summed E-state index contributed by atoms with van der Waals surface area (Å²) in [6.45, 7) is 0.234. The van der Waals surface area contributed by atoms with Gasteiger partial charge in [-0.2, -0.15) is 0 Å². The number of fused-ring (bicyclic) bond motifs is 1. The second-order valence-corrected chi connectivity index (χ2v) is 9.62. The molecule has 0 saturated heterocycles. The number of carbonyl (C=O) groups is 1. The molecule has 1 heterocycles. The van der Waals surface area contributed by atoms with Crippen LogP contribution in [0.5, 0.6) is 0 Å². The molecular formula is C22H17ClFN3O5S. The molecule has 11 heteroatoms. The summed E-state index contributed by atoms with van der Waals surface area (Å²) in [5, 5.41) is 13.4. The van der Waals surface area contributed by atoms with Gasteiger partial charge in [0, 0.05) is 24.4 Å². The standard InChI is InChI=1S/C22H17ClFN3O5S/c23-20-13-17(27(29)30)7-10-19(20)22(28)25-16-6-3-14-2-1-11-26(21(14)12-16)33(31,32)18-8-4-15(24)5-9-18/h3-10,12-13H,1-2,11H2,(H,25,28). The molecule has 0 aromatic heterocycles.